The van der Waals surface area contributed by atoms with Crippen molar-refractivity contribution >= 4 is 5.95 Å². The van der Waals surface area contributed by atoms with Crippen molar-refractivity contribution in [3.8, 4) is 5.88 Å². The van der Waals surface area contributed by atoms with Gasteiger partial charge >= 0.3 is 0 Å². The molecule has 0 aliphatic carbocycles. The van der Waals surface area contributed by atoms with Crippen LogP contribution in [0.15, 0.2) is 12.3 Å². The van der Waals surface area contributed by atoms with E-state index in [9.17, 15) is 0 Å². The number of anilines is 1. The van der Waals surface area contributed by atoms with E-state index in [4.69, 9.17) is 4.74 Å². The highest BCUT2D eigenvalue weighted by molar-refractivity contribution is 5.28. The molecule has 4 nitrogen and oxygen atoms in total. The molecule has 0 spiro atoms. The van der Waals surface area contributed by atoms with Gasteiger partial charge in [-0.15, -0.1) is 0 Å². The van der Waals surface area contributed by atoms with Crippen LogP contribution < -0.4 is 10.1 Å². The van der Waals surface area contributed by atoms with Crippen LogP contribution in [0.1, 0.15) is 33.6 Å². The molecule has 1 rings (SSSR count). The monoisotopic (exact) mass is 223 g/mol. The number of methoxy groups -OCH3 is 1. The lowest BCUT2D eigenvalue weighted by molar-refractivity contribution is 0.396. The zero-order valence-electron chi connectivity index (χ0n) is 10.5. The lowest BCUT2D eigenvalue weighted by atomic mass is 9.96. The highest BCUT2D eigenvalue weighted by Gasteiger charge is 2.14. The van der Waals surface area contributed by atoms with E-state index in [-0.39, 0.29) is 0 Å². The lowest BCUT2D eigenvalue weighted by Gasteiger charge is -2.22. The molecule has 1 heterocycles. The van der Waals surface area contributed by atoms with Crippen LogP contribution in [0.25, 0.3) is 0 Å². The number of hydrogen-bond acceptors (Lipinski definition) is 4. The van der Waals surface area contributed by atoms with Gasteiger partial charge in [0.1, 0.15) is 0 Å². The summed E-state index contributed by atoms with van der Waals surface area (Å²) in [6.07, 6.45) is 4.02. The first-order chi connectivity index (χ1) is 7.71. The Morgan fingerprint density at radius 1 is 1.38 bits per heavy atom. The maximum Gasteiger partial charge on any atom is 0.226 e. The number of nitrogens with one attached hydrogen (secondary N) is 1. The molecule has 16 heavy (non-hydrogen) atoms. The van der Waals surface area contributed by atoms with Gasteiger partial charge < -0.3 is 10.1 Å². The van der Waals surface area contributed by atoms with E-state index in [0.717, 1.165) is 12.8 Å². The number of hydrogen-bond donors (Lipinski definition) is 1. The van der Waals surface area contributed by atoms with Gasteiger partial charge in [0, 0.05) is 18.3 Å². The first kappa shape index (κ1) is 12.7. The third-order valence-corrected chi connectivity index (χ3v) is 2.95. The first-order valence-corrected chi connectivity index (χ1v) is 5.84. The van der Waals surface area contributed by atoms with Crippen LogP contribution in [0.5, 0.6) is 5.88 Å². The van der Waals surface area contributed by atoms with Gasteiger partial charge in [-0.05, 0) is 12.8 Å². The van der Waals surface area contributed by atoms with Crippen molar-refractivity contribution in [2.24, 2.45) is 5.92 Å². The summed E-state index contributed by atoms with van der Waals surface area (Å²) < 4.78 is 5.06. The molecule has 0 aromatic carbocycles. The van der Waals surface area contributed by atoms with Crippen molar-refractivity contribution < 1.29 is 4.74 Å². The summed E-state index contributed by atoms with van der Waals surface area (Å²) in [6, 6.07) is 2.12. The molecular formula is C12H21N3O. The Balaban J connectivity index is 2.64. The molecule has 90 valence electrons. The minimum absolute atomic E-state index is 0.377. The Hall–Kier alpha value is -1.32. The van der Waals surface area contributed by atoms with Crippen molar-refractivity contribution in [3.05, 3.63) is 12.3 Å². The van der Waals surface area contributed by atoms with Crippen LogP contribution in [0.4, 0.5) is 5.95 Å². The van der Waals surface area contributed by atoms with Crippen LogP contribution in [-0.2, 0) is 0 Å². The fourth-order valence-corrected chi connectivity index (χ4v) is 1.84. The highest BCUT2D eigenvalue weighted by atomic mass is 16.5. The van der Waals surface area contributed by atoms with Gasteiger partial charge in [0.05, 0.1) is 7.11 Å². The van der Waals surface area contributed by atoms with Crippen molar-refractivity contribution in [1.29, 1.82) is 0 Å². The van der Waals surface area contributed by atoms with Gasteiger partial charge in [0.25, 0.3) is 0 Å². The summed E-state index contributed by atoms with van der Waals surface area (Å²) in [7, 11) is 1.61. The van der Waals surface area contributed by atoms with Gasteiger partial charge in [-0.1, -0.05) is 26.7 Å². The predicted molar refractivity (Wildman–Crippen MR) is 65.7 cm³/mol. The minimum Gasteiger partial charge on any atom is -0.481 e. The molecule has 0 amide bonds. The standard InChI is InChI=1S/C12H21N3O/c1-5-10(6-2)9(3)14-12-13-8-7-11(15-12)16-4/h7-10H,5-6H2,1-4H3,(H,13,14,15). The van der Waals surface area contributed by atoms with Gasteiger partial charge in [-0.25, -0.2) is 4.98 Å². The quantitative estimate of drug-likeness (QED) is 0.805. The number of rotatable bonds is 6. The molecule has 0 bridgehead atoms. The van der Waals surface area contributed by atoms with Crippen LogP contribution in [0.3, 0.4) is 0 Å². The second kappa shape index (κ2) is 6.30. The third kappa shape index (κ3) is 3.36. The van der Waals surface area contributed by atoms with Crippen molar-refractivity contribution in [1.82, 2.24) is 9.97 Å². The largest absolute Gasteiger partial charge is 0.481 e. The Kier molecular flexibility index (Phi) is 5.02. The second-order valence-electron chi connectivity index (χ2n) is 3.93. The molecule has 1 unspecified atom stereocenters. The molecule has 0 saturated heterocycles. The molecule has 1 atom stereocenters. The summed E-state index contributed by atoms with van der Waals surface area (Å²) in [5.41, 5.74) is 0. The van der Waals surface area contributed by atoms with Crippen molar-refractivity contribution in [2.75, 3.05) is 12.4 Å². The van der Waals surface area contributed by atoms with Crippen LogP contribution in [0, 0.1) is 5.92 Å². The summed E-state index contributed by atoms with van der Waals surface area (Å²) in [5, 5.41) is 3.32. The Bertz CT molecular complexity index is 313. The number of aromatic nitrogens is 2. The van der Waals surface area contributed by atoms with Crippen LogP contribution in [0.2, 0.25) is 0 Å². The second-order valence-corrected chi connectivity index (χ2v) is 3.93. The van der Waals surface area contributed by atoms with E-state index in [1.165, 1.54) is 0 Å². The average Bonchev–Trinajstić information content (AvgIpc) is 2.31. The predicted octanol–water partition coefficient (Wildman–Crippen LogP) is 2.72. The first-order valence-electron chi connectivity index (χ1n) is 5.84. The summed E-state index contributed by atoms with van der Waals surface area (Å²) in [5.74, 6) is 1.88. The molecule has 0 aliphatic rings. The molecule has 1 N–H and O–H groups in total. The van der Waals surface area contributed by atoms with E-state index in [1.54, 1.807) is 19.4 Å². The molecular weight excluding hydrogens is 202 g/mol. The normalized spacial score (nSPS) is 12.6. The Labute approximate surface area is 97.5 Å². The average molecular weight is 223 g/mol. The smallest absolute Gasteiger partial charge is 0.226 e. The Morgan fingerprint density at radius 3 is 2.62 bits per heavy atom. The zero-order valence-corrected chi connectivity index (χ0v) is 10.5. The van der Waals surface area contributed by atoms with Crippen LogP contribution >= 0.6 is 0 Å². The van der Waals surface area contributed by atoms with E-state index in [0.29, 0.717) is 23.8 Å². The van der Waals surface area contributed by atoms with Gasteiger partial charge in [0.2, 0.25) is 11.8 Å². The topological polar surface area (TPSA) is 47.0 Å². The maximum atomic E-state index is 5.06. The van der Waals surface area contributed by atoms with Crippen LogP contribution in [-0.4, -0.2) is 23.1 Å². The maximum absolute atomic E-state index is 5.06. The molecule has 1 aromatic heterocycles. The number of ether oxygens (including phenoxy) is 1. The van der Waals surface area contributed by atoms with E-state index in [2.05, 4.69) is 36.1 Å². The van der Waals surface area contributed by atoms with Crippen molar-refractivity contribution in [3.63, 3.8) is 0 Å². The minimum atomic E-state index is 0.377. The van der Waals surface area contributed by atoms with Gasteiger partial charge in [0.15, 0.2) is 0 Å². The molecule has 0 aliphatic heterocycles. The molecule has 0 fully saturated rings. The fourth-order valence-electron chi connectivity index (χ4n) is 1.84. The Morgan fingerprint density at radius 2 is 2.06 bits per heavy atom. The molecule has 1 aromatic rings. The van der Waals surface area contributed by atoms with Gasteiger partial charge in [-0.2, -0.15) is 4.98 Å². The SMILES string of the molecule is CCC(CC)C(C)Nc1nccc(OC)n1. The lowest BCUT2D eigenvalue weighted by Crippen LogP contribution is -2.26. The molecule has 0 saturated carbocycles. The van der Waals surface area contributed by atoms with E-state index < -0.39 is 0 Å². The van der Waals surface area contributed by atoms with Gasteiger partial charge in [-0.3, -0.25) is 0 Å². The summed E-state index contributed by atoms with van der Waals surface area (Å²) in [6.45, 7) is 6.58. The van der Waals surface area contributed by atoms with E-state index in [1.807, 2.05) is 0 Å². The summed E-state index contributed by atoms with van der Waals surface area (Å²) in [4.78, 5) is 8.41. The summed E-state index contributed by atoms with van der Waals surface area (Å²) >= 11 is 0. The van der Waals surface area contributed by atoms with Crippen molar-refractivity contribution in [2.45, 2.75) is 39.7 Å². The molecule has 0 radical (unpaired) electrons. The number of nitrogens with zero attached hydrogens (tertiary/aromatic N) is 2. The molecule has 4 heteroatoms. The fraction of sp³-hybridized carbons (Fsp3) is 0.667. The zero-order chi connectivity index (χ0) is 12.0. The highest BCUT2D eigenvalue weighted by Crippen LogP contribution is 2.16. The third-order valence-electron chi connectivity index (χ3n) is 2.95. The van der Waals surface area contributed by atoms with E-state index >= 15 is 0 Å².